The number of aromatic nitrogens is 2. The number of benzene rings is 2. The van der Waals surface area contributed by atoms with Gasteiger partial charge in [0.05, 0.1) is 21.9 Å². The Morgan fingerprint density at radius 2 is 1.60 bits per heavy atom. The third-order valence-corrected chi connectivity index (χ3v) is 5.19. The summed E-state index contributed by atoms with van der Waals surface area (Å²) in [7, 11) is -4.31. The largest absolute Gasteiger partial charge is 0.270 e. The predicted octanol–water partition coefficient (Wildman–Crippen LogP) is 3.34. The first kappa shape index (κ1) is 21.2. The van der Waals surface area contributed by atoms with Gasteiger partial charge < -0.3 is 0 Å². The van der Waals surface area contributed by atoms with Crippen molar-refractivity contribution in [2.45, 2.75) is 11.4 Å². The molecule has 0 aliphatic carbocycles. The van der Waals surface area contributed by atoms with Crippen LogP contribution in [0.2, 0.25) is 0 Å². The van der Waals surface area contributed by atoms with Crippen LogP contribution in [0, 0.1) is 39.2 Å². The number of nitrogens with one attached hydrogen (secondary N) is 1. The monoisotopic (exact) mass is 448 g/mol. The number of hydrogen-bond acceptors (Lipinski definition) is 5. The molecular formula is C16H9F5N4O4S. The molecule has 0 fully saturated rings. The molecule has 30 heavy (non-hydrogen) atoms. The summed E-state index contributed by atoms with van der Waals surface area (Å²) in [6.07, 6.45) is 1.03. The zero-order chi connectivity index (χ0) is 22.2. The van der Waals surface area contributed by atoms with E-state index in [0.717, 1.165) is 41.2 Å². The van der Waals surface area contributed by atoms with Gasteiger partial charge in [0.2, 0.25) is 5.82 Å². The Bertz CT molecular complexity index is 1230. The highest BCUT2D eigenvalue weighted by molar-refractivity contribution is 7.92. The lowest BCUT2D eigenvalue weighted by atomic mass is 10.1. The van der Waals surface area contributed by atoms with Crippen LogP contribution in [0.25, 0.3) is 0 Å². The minimum absolute atomic E-state index is 0.356. The Balaban J connectivity index is 1.86. The summed E-state index contributed by atoms with van der Waals surface area (Å²) in [5.74, 6) is -11.0. The molecule has 1 N–H and O–H groups in total. The summed E-state index contributed by atoms with van der Waals surface area (Å²) < 4.78 is 94.6. The third kappa shape index (κ3) is 3.94. The maximum atomic E-state index is 13.8. The molecule has 0 aliphatic heterocycles. The Labute approximate surface area is 164 Å². The van der Waals surface area contributed by atoms with Crippen LogP contribution in [-0.2, 0) is 16.6 Å². The third-order valence-electron chi connectivity index (χ3n) is 3.84. The van der Waals surface area contributed by atoms with Gasteiger partial charge in [0.15, 0.2) is 29.1 Å². The number of non-ortho nitro benzene ring substituents is 1. The highest BCUT2D eigenvalue weighted by Gasteiger charge is 2.26. The summed E-state index contributed by atoms with van der Waals surface area (Å²) in [6.45, 7) is -0.885. The highest BCUT2D eigenvalue weighted by atomic mass is 32.2. The van der Waals surface area contributed by atoms with Gasteiger partial charge in [-0.05, 0) is 6.07 Å². The molecule has 1 aromatic heterocycles. The number of nitro groups is 1. The molecule has 158 valence electrons. The average molecular weight is 448 g/mol. The molecule has 3 rings (SSSR count). The van der Waals surface area contributed by atoms with Crippen LogP contribution in [0.5, 0.6) is 0 Å². The van der Waals surface area contributed by atoms with Crippen molar-refractivity contribution in [3.8, 4) is 0 Å². The summed E-state index contributed by atoms with van der Waals surface area (Å²) in [5, 5.41) is 14.4. The molecule has 0 atom stereocenters. The van der Waals surface area contributed by atoms with Crippen LogP contribution < -0.4 is 4.72 Å². The van der Waals surface area contributed by atoms with E-state index < -0.39 is 66.7 Å². The molecule has 14 heteroatoms. The summed E-state index contributed by atoms with van der Waals surface area (Å²) in [6, 6.07) is 5.17. The first-order valence-corrected chi connectivity index (χ1v) is 9.30. The smallest absolute Gasteiger partial charge is 0.266 e. The number of nitro benzene ring substituents is 1. The zero-order valence-corrected chi connectivity index (χ0v) is 15.3. The van der Waals surface area contributed by atoms with Crippen molar-refractivity contribution in [3.63, 3.8) is 0 Å². The molecule has 0 aliphatic rings. The topological polar surface area (TPSA) is 107 Å². The second kappa shape index (κ2) is 7.70. The molecule has 0 unspecified atom stereocenters. The second-order valence-corrected chi connectivity index (χ2v) is 7.49. The SMILES string of the molecule is O=[N+]([O-])c1cccc(S(=O)(=O)Nc2ccn(Cc3c(F)c(F)c(F)c(F)c3F)n2)c1. The van der Waals surface area contributed by atoms with Crippen molar-refractivity contribution < 1.29 is 35.3 Å². The lowest BCUT2D eigenvalue weighted by molar-refractivity contribution is -0.385. The number of nitrogens with zero attached hydrogens (tertiary/aromatic N) is 3. The number of rotatable bonds is 6. The van der Waals surface area contributed by atoms with Gasteiger partial charge in [0.25, 0.3) is 15.7 Å². The van der Waals surface area contributed by atoms with Crippen LogP contribution in [0.15, 0.2) is 41.4 Å². The highest BCUT2D eigenvalue weighted by Crippen LogP contribution is 2.24. The number of halogens is 5. The normalized spacial score (nSPS) is 11.5. The van der Waals surface area contributed by atoms with E-state index in [0.29, 0.717) is 0 Å². The van der Waals surface area contributed by atoms with Crippen molar-refractivity contribution in [3.05, 3.63) is 81.3 Å². The fourth-order valence-electron chi connectivity index (χ4n) is 2.42. The lowest BCUT2D eigenvalue weighted by Gasteiger charge is -2.08. The predicted molar refractivity (Wildman–Crippen MR) is 91.5 cm³/mol. The molecule has 0 bridgehead atoms. The van der Waals surface area contributed by atoms with Gasteiger partial charge in [0.1, 0.15) is 0 Å². The maximum Gasteiger partial charge on any atom is 0.270 e. The van der Waals surface area contributed by atoms with Gasteiger partial charge >= 0.3 is 0 Å². The molecular weight excluding hydrogens is 439 g/mol. The van der Waals surface area contributed by atoms with Gasteiger partial charge in [-0.3, -0.25) is 19.5 Å². The van der Waals surface area contributed by atoms with Crippen molar-refractivity contribution in [1.29, 1.82) is 0 Å². The van der Waals surface area contributed by atoms with Crippen molar-refractivity contribution in [1.82, 2.24) is 9.78 Å². The van der Waals surface area contributed by atoms with Gasteiger partial charge in [-0.15, -0.1) is 0 Å². The minimum atomic E-state index is -4.31. The molecule has 2 aromatic carbocycles. The Morgan fingerprint density at radius 3 is 2.20 bits per heavy atom. The van der Waals surface area contributed by atoms with Crippen LogP contribution in [0.4, 0.5) is 33.5 Å². The van der Waals surface area contributed by atoms with E-state index in [1.807, 2.05) is 4.72 Å². The van der Waals surface area contributed by atoms with Crippen LogP contribution in [-0.4, -0.2) is 23.1 Å². The van der Waals surface area contributed by atoms with Crippen LogP contribution in [0.1, 0.15) is 5.56 Å². The molecule has 0 saturated carbocycles. The van der Waals surface area contributed by atoms with Crippen molar-refractivity contribution >= 4 is 21.5 Å². The molecule has 8 nitrogen and oxygen atoms in total. The number of sulfonamides is 1. The molecule has 1 heterocycles. The Morgan fingerprint density at radius 1 is 1.00 bits per heavy atom. The average Bonchev–Trinajstić information content (AvgIpc) is 3.14. The van der Waals surface area contributed by atoms with Crippen molar-refractivity contribution in [2.75, 3.05) is 4.72 Å². The first-order valence-electron chi connectivity index (χ1n) is 7.82. The van der Waals surface area contributed by atoms with Gasteiger partial charge in [-0.1, -0.05) is 6.07 Å². The van der Waals surface area contributed by atoms with Gasteiger partial charge in [0, 0.05) is 24.4 Å². The molecule has 0 radical (unpaired) electrons. The molecule has 0 amide bonds. The van der Waals surface area contributed by atoms with Crippen LogP contribution >= 0.6 is 0 Å². The van der Waals surface area contributed by atoms with Gasteiger partial charge in [-0.2, -0.15) is 5.10 Å². The van der Waals surface area contributed by atoms with E-state index in [9.17, 15) is 40.5 Å². The van der Waals surface area contributed by atoms with E-state index in [1.165, 1.54) is 0 Å². The summed E-state index contributed by atoms with van der Waals surface area (Å²) >= 11 is 0. The van der Waals surface area contributed by atoms with E-state index >= 15 is 0 Å². The zero-order valence-electron chi connectivity index (χ0n) is 14.4. The lowest BCUT2D eigenvalue weighted by Crippen LogP contribution is -2.15. The minimum Gasteiger partial charge on any atom is -0.266 e. The van der Waals surface area contributed by atoms with Crippen LogP contribution in [0.3, 0.4) is 0 Å². The number of anilines is 1. The number of hydrogen-bond donors (Lipinski definition) is 1. The molecule has 3 aromatic rings. The Hall–Kier alpha value is -3.55. The van der Waals surface area contributed by atoms with E-state index in [4.69, 9.17) is 0 Å². The standard InChI is InChI=1S/C16H9F5N4O4S/c17-12-10(13(18)15(20)16(21)14(12)19)7-24-5-4-11(22-24)23-30(28,29)9-3-1-2-8(6-9)25(26)27/h1-6H,7H2,(H,22,23). The Kier molecular flexibility index (Phi) is 5.43. The fraction of sp³-hybridized carbons (Fsp3) is 0.0625. The van der Waals surface area contributed by atoms with E-state index in [1.54, 1.807) is 0 Å². The maximum absolute atomic E-state index is 13.8. The quantitative estimate of drug-likeness (QED) is 0.205. The van der Waals surface area contributed by atoms with Gasteiger partial charge in [-0.25, -0.2) is 30.4 Å². The van der Waals surface area contributed by atoms with E-state index in [2.05, 4.69) is 5.10 Å². The summed E-state index contributed by atoms with van der Waals surface area (Å²) in [4.78, 5) is 9.53. The van der Waals surface area contributed by atoms with E-state index in [-0.39, 0.29) is 5.82 Å². The fourth-order valence-corrected chi connectivity index (χ4v) is 3.45. The first-order chi connectivity index (χ1) is 14.0. The summed E-state index contributed by atoms with van der Waals surface area (Å²) in [5.41, 5.74) is -1.64. The molecule has 0 spiro atoms. The molecule has 0 saturated heterocycles. The second-order valence-electron chi connectivity index (χ2n) is 5.81. The van der Waals surface area contributed by atoms with Crippen molar-refractivity contribution in [2.24, 2.45) is 0 Å².